The highest BCUT2D eigenvalue weighted by Crippen LogP contribution is 2.32. The van der Waals surface area contributed by atoms with Crippen molar-refractivity contribution in [2.75, 3.05) is 12.0 Å². The normalized spacial score (nSPS) is 19.1. The Balaban J connectivity index is 2.54. The fourth-order valence-electron chi connectivity index (χ4n) is 2.22. The first-order valence-electron chi connectivity index (χ1n) is 5.92. The minimum atomic E-state index is -4.11. The number of hydrogen-bond donors (Lipinski definition) is 1. The fourth-order valence-corrected chi connectivity index (χ4v) is 4.93. The maximum atomic E-state index is 12.4. The topological polar surface area (TPSA) is 109 Å². The maximum absolute atomic E-state index is 12.4. The second-order valence-electron chi connectivity index (χ2n) is 4.71. The highest BCUT2D eigenvalue weighted by atomic mass is 32.2. The Labute approximate surface area is 124 Å². The molecule has 7 nitrogen and oxygen atoms in total. The number of fused-ring (bicyclic) bond motifs is 1. The number of carboxylic acids is 1. The van der Waals surface area contributed by atoms with Gasteiger partial charge >= 0.3 is 5.97 Å². The number of amides is 1. The Morgan fingerprint density at radius 3 is 2.57 bits per heavy atom. The van der Waals surface area contributed by atoms with Crippen LogP contribution in [0.15, 0.2) is 23.1 Å². The molecule has 1 aliphatic rings. The number of benzene rings is 1. The number of sulfonamides is 1. The van der Waals surface area contributed by atoms with Crippen molar-refractivity contribution in [2.45, 2.75) is 17.9 Å². The lowest BCUT2D eigenvalue weighted by Crippen LogP contribution is -2.40. The number of carbonyl (C=O) groups excluding carboxylic acids is 1. The van der Waals surface area contributed by atoms with Crippen molar-refractivity contribution in [3.8, 4) is 0 Å². The van der Waals surface area contributed by atoms with Crippen LogP contribution in [-0.4, -0.2) is 52.0 Å². The maximum Gasteiger partial charge on any atom is 0.335 e. The van der Waals surface area contributed by atoms with Crippen molar-refractivity contribution in [2.24, 2.45) is 0 Å². The lowest BCUT2D eigenvalue weighted by atomic mass is 10.1. The van der Waals surface area contributed by atoms with Crippen LogP contribution in [0.3, 0.4) is 0 Å². The van der Waals surface area contributed by atoms with Crippen LogP contribution in [0.2, 0.25) is 0 Å². The average Bonchev–Trinajstić information content (AvgIpc) is 2.55. The third-order valence-electron chi connectivity index (χ3n) is 3.07. The van der Waals surface area contributed by atoms with Gasteiger partial charge in [-0.25, -0.2) is 17.5 Å². The molecule has 0 radical (unpaired) electrons. The van der Waals surface area contributed by atoms with Crippen molar-refractivity contribution in [1.82, 2.24) is 4.31 Å². The Morgan fingerprint density at radius 2 is 2.05 bits per heavy atom. The van der Waals surface area contributed by atoms with Gasteiger partial charge in [-0.05, 0) is 25.1 Å². The predicted octanol–water partition coefficient (Wildman–Crippen LogP) is 0.296. The zero-order chi connectivity index (χ0) is 15.9. The van der Waals surface area contributed by atoms with E-state index < -0.39 is 38.7 Å². The van der Waals surface area contributed by atoms with Crippen LogP contribution in [0, 0.1) is 0 Å². The highest BCUT2D eigenvalue weighted by molar-refractivity contribution is 7.90. The van der Waals surface area contributed by atoms with Crippen molar-refractivity contribution >= 4 is 32.7 Å². The van der Waals surface area contributed by atoms with Gasteiger partial charge in [0.15, 0.2) is 0 Å². The van der Waals surface area contributed by atoms with Crippen LogP contribution in [-0.2, 0) is 20.8 Å². The Hall–Kier alpha value is -1.74. The first kappa shape index (κ1) is 15.6. The number of rotatable bonds is 4. The van der Waals surface area contributed by atoms with Gasteiger partial charge in [0, 0.05) is 22.8 Å². The smallest absolute Gasteiger partial charge is 0.335 e. The van der Waals surface area contributed by atoms with E-state index in [1.807, 2.05) is 0 Å². The molecule has 9 heteroatoms. The monoisotopic (exact) mass is 331 g/mol. The van der Waals surface area contributed by atoms with Gasteiger partial charge in [-0.15, -0.1) is 0 Å². The highest BCUT2D eigenvalue weighted by Gasteiger charge is 2.44. The zero-order valence-electron chi connectivity index (χ0n) is 11.3. The third kappa shape index (κ3) is 2.58. The summed E-state index contributed by atoms with van der Waals surface area (Å²) in [5, 5.41) is 8.91. The van der Waals surface area contributed by atoms with Crippen LogP contribution in [0.5, 0.6) is 0 Å². The summed E-state index contributed by atoms with van der Waals surface area (Å²) in [6.45, 7) is 1.49. The molecule has 2 rings (SSSR count). The summed E-state index contributed by atoms with van der Waals surface area (Å²) in [5.74, 6) is -1.98. The molecule has 0 saturated heterocycles. The van der Waals surface area contributed by atoms with E-state index in [-0.39, 0.29) is 21.8 Å². The largest absolute Gasteiger partial charge is 0.478 e. The summed E-state index contributed by atoms with van der Waals surface area (Å²) >= 11 is 0. The predicted molar refractivity (Wildman–Crippen MR) is 75.2 cm³/mol. The Kier molecular flexibility index (Phi) is 3.89. The lowest BCUT2D eigenvalue weighted by Gasteiger charge is -2.22. The second kappa shape index (κ2) is 5.23. The molecule has 114 valence electrons. The van der Waals surface area contributed by atoms with Gasteiger partial charge in [-0.1, -0.05) is 0 Å². The van der Waals surface area contributed by atoms with E-state index in [1.54, 1.807) is 0 Å². The van der Waals surface area contributed by atoms with Crippen LogP contribution < -0.4 is 0 Å². The molecule has 0 fully saturated rings. The van der Waals surface area contributed by atoms with Crippen LogP contribution >= 0.6 is 0 Å². The Bertz CT molecular complexity index is 755. The van der Waals surface area contributed by atoms with E-state index in [0.717, 1.165) is 6.07 Å². The molecule has 0 aromatic heterocycles. The van der Waals surface area contributed by atoms with Gasteiger partial charge in [-0.3, -0.25) is 9.00 Å². The standard InChI is InChI=1S/C12H13NO6S2/c1-7(6-20(2)17)13-11(14)9-4-3-8(12(15)16)5-10(9)21(13,18)19/h3-5,7H,6H2,1-2H3,(H,15,16). The van der Waals surface area contributed by atoms with Gasteiger partial charge in [0.1, 0.15) is 4.90 Å². The quantitative estimate of drug-likeness (QED) is 0.850. The summed E-state index contributed by atoms with van der Waals surface area (Å²) in [5.41, 5.74) is -0.271. The molecule has 0 aliphatic carbocycles. The molecule has 1 heterocycles. The van der Waals surface area contributed by atoms with Gasteiger partial charge in [-0.2, -0.15) is 0 Å². The number of nitrogens with zero attached hydrogens (tertiary/aromatic N) is 1. The van der Waals surface area contributed by atoms with E-state index in [4.69, 9.17) is 5.11 Å². The summed E-state index contributed by atoms with van der Waals surface area (Å²) in [6, 6.07) is 2.57. The lowest BCUT2D eigenvalue weighted by molar-refractivity contribution is 0.0695. The van der Waals surface area contributed by atoms with E-state index >= 15 is 0 Å². The summed E-state index contributed by atoms with van der Waals surface area (Å²) in [7, 11) is -5.38. The molecule has 0 saturated carbocycles. The van der Waals surface area contributed by atoms with Crippen molar-refractivity contribution in [1.29, 1.82) is 0 Å². The van der Waals surface area contributed by atoms with Crippen molar-refractivity contribution < 1.29 is 27.3 Å². The molecule has 1 aromatic rings. The van der Waals surface area contributed by atoms with E-state index in [0.29, 0.717) is 4.31 Å². The summed E-state index contributed by atoms with van der Waals surface area (Å²) in [4.78, 5) is 22.8. The van der Waals surface area contributed by atoms with Crippen LogP contribution in [0.1, 0.15) is 27.6 Å². The Morgan fingerprint density at radius 1 is 1.43 bits per heavy atom. The zero-order valence-corrected chi connectivity index (χ0v) is 12.9. The van der Waals surface area contributed by atoms with Crippen molar-refractivity contribution in [3.05, 3.63) is 29.3 Å². The first-order valence-corrected chi connectivity index (χ1v) is 9.09. The van der Waals surface area contributed by atoms with Crippen LogP contribution in [0.25, 0.3) is 0 Å². The van der Waals surface area contributed by atoms with E-state index in [2.05, 4.69) is 0 Å². The summed E-state index contributed by atoms with van der Waals surface area (Å²) in [6.07, 6.45) is 1.42. The summed E-state index contributed by atoms with van der Waals surface area (Å²) < 4.78 is 36.7. The molecule has 1 amide bonds. The molecule has 0 bridgehead atoms. The number of aromatic carboxylic acids is 1. The SMILES string of the molecule is CC(CS(C)=O)N1C(=O)c2ccc(C(=O)O)cc2S1(=O)=O. The average molecular weight is 331 g/mol. The molecular formula is C12H13NO6S2. The van der Waals surface area contributed by atoms with E-state index in [9.17, 15) is 22.2 Å². The third-order valence-corrected chi connectivity index (χ3v) is 5.96. The number of hydrogen-bond acceptors (Lipinski definition) is 5. The molecule has 1 aliphatic heterocycles. The molecule has 0 spiro atoms. The van der Waals surface area contributed by atoms with E-state index in [1.165, 1.54) is 25.3 Å². The molecular weight excluding hydrogens is 318 g/mol. The fraction of sp³-hybridized carbons (Fsp3) is 0.333. The van der Waals surface area contributed by atoms with Crippen LogP contribution in [0.4, 0.5) is 0 Å². The number of carbonyl (C=O) groups is 2. The van der Waals surface area contributed by atoms with Crippen molar-refractivity contribution in [3.63, 3.8) is 0 Å². The minimum Gasteiger partial charge on any atom is -0.478 e. The molecule has 1 N–H and O–H groups in total. The van der Waals surface area contributed by atoms with Gasteiger partial charge in [0.25, 0.3) is 15.9 Å². The van der Waals surface area contributed by atoms with Gasteiger partial charge in [0.05, 0.1) is 17.2 Å². The second-order valence-corrected chi connectivity index (χ2v) is 7.97. The molecule has 2 unspecified atom stereocenters. The van der Waals surface area contributed by atoms with Gasteiger partial charge < -0.3 is 5.11 Å². The minimum absolute atomic E-state index is 0.0186. The number of carboxylic acid groups (broad SMARTS) is 1. The molecule has 1 aromatic carbocycles. The van der Waals surface area contributed by atoms with Gasteiger partial charge in [0.2, 0.25) is 0 Å². The molecule has 21 heavy (non-hydrogen) atoms. The molecule has 2 atom stereocenters. The first-order chi connectivity index (χ1) is 9.66.